The highest BCUT2D eigenvalue weighted by molar-refractivity contribution is 7.91. The first-order valence-electron chi connectivity index (χ1n) is 8.02. The van der Waals surface area contributed by atoms with Crippen molar-refractivity contribution in [3.63, 3.8) is 0 Å². The second kappa shape index (κ2) is 6.39. The van der Waals surface area contributed by atoms with Gasteiger partial charge in [0.15, 0.2) is 15.5 Å². The normalized spacial score (nSPS) is 19.3. The Bertz CT molecular complexity index is 843. The molecule has 0 saturated carbocycles. The van der Waals surface area contributed by atoms with Crippen LogP contribution >= 0.6 is 0 Å². The molecule has 0 spiro atoms. The van der Waals surface area contributed by atoms with Gasteiger partial charge in [0.05, 0.1) is 17.2 Å². The van der Waals surface area contributed by atoms with E-state index in [1.165, 1.54) is 0 Å². The van der Waals surface area contributed by atoms with E-state index >= 15 is 0 Å². The van der Waals surface area contributed by atoms with Crippen molar-refractivity contribution in [1.82, 2.24) is 14.7 Å². The Morgan fingerprint density at radius 3 is 2.62 bits per heavy atom. The number of aryl methyl sites for hydroxylation is 1. The summed E-state index contributed by atoms with van der Waals surface area (Å²) in [5.74, 6) is -0.0125. The molecule has 3 rings (SSSR count). The van der Waals surface area contributed by atoms with Gasteiger partial charge >= 0.3 is 0 Å². The number of nitrogens with zero attached hydrogens (tertiary/aromatic N) is 3. The second-order valence-corrected chi connectivity index (χ2v) is 8.28. The second-order valence-electron chi connectivity index (χ2n) is 6.05. The Balaban J connectivity index is 1.87. The number of carbonyl (C=O) groups excluding carboxylic acids is 1. The molecule has 0 bridgehead atoms. The molecule has 1 atom stereocenters. The first-order chi connectivity index (χ1) is 11.4. The van der Waals surface area contributed by atoms with Gasteiger partial charge in [0, 0.05) is 19.6 Å². The van der Waals surface area contributed by atoms with E-state index < -0.39 is 9.84 Å². The average Bonchev–Trinajstić information content (AvgIpc) is 3.11. The standard InChI is InChI=1S/C17H21N3O3S/c1-3-20(14-9-10-24(22,23)12-14)17(21)15-11-16(19(2)18-15)13-7-5-4-6-8-13/h4-8,11,14H,3,9-10,12H2,1-2H3. The zero-order valence-corrected chi connectivity index (χ0v) is 14.7. The quantitative estimate of drug-likeness (QED) is 0.844. The molecule has 1 aliphatic rings. The number of benzene rings is 1. The van der Waals surface area contributed by atoms with Gasteiger partial charge in [0.1, 0.15) is 0 Å². The number of carbonyl (C=O) groups is 1. The van der Waals surface area contributed by atoms with E-state index in [4.69, 9.17) is 0 Å². The summed E-state index contributed by atoms with van der Waals surface area (Å²) in [6.45, 7) is 2.33. The molecule has 0 aliphatic carbocycles. The Morgan fingerprint density at radius 1 is 1.33 bits per heavy atom. The van der Waals surface area contributed by atoms with E-state index in [1.54, 1.807) is 22.7 Å². The third-order valence-corrected chi connectivity index (χ3v) is 6.17. The minimum atomic E-state index is -3.03. The highest BCUT2D eigenvalue weighted by Crippen LogP contribution is 2.23. The molecular formula is C17H21N3O3S. The van der Waals surface area contributed by atoms with Crippen molar-refractivity contribution >= 4 is 15.7 Å². The average molecular weight is 347 g/mol. The lowest BCUT2D eigenvalue weighted by Gasteiger charge is -2.25. The van der Waals surface area contributed by atoms with E-state index in [-0.39, 0.29) is 23.5 Å². The van der Waals surface area contributed by atoms with Crippen molar-refractivity contribution in [2.45, 2.75) is 19.4 Å². The summed E-state index contributed by atoms with van der Waals surface area (Å²) in [5, 5.41) is 4.34. The van der Waals surface area contributed by atoms with Crippen LogP contribution in [0, 0.1) is 0 Å². The number of aromatic nitrogens is 2. The molecule has 1 amide bonds. The van der Waals surface area contributed by atoms with Crippen LogP contribution in [0.4, 0.5) is 0 Å². The monoisotopic (exact) mass is 347 g/mol. The van der Waals surface area contributed by atoms with Gasteiger partial charge in [-0.25, -0.2) is 8.42 Å². The van der Waals surface area contributed by atoms with Crippen LogP contribution in [0.5, 0.6) is 0 Å². The van der Waals surface area contributed by atoms with Gasteiger partial charge < -0.3 is 4.90 Å². The maximum Gasteiger partial charge on any atom is 0.274 e. The van der Waals surface area contributed by atoms with Crippen molar-refractivity contribution in [3.05, 3.63) is 42.1 Å². The lowest BCUT2D eigenvalue weighted by Crippen LogP contribution is -2.41. The predicted molar refractivity (Wildman–Crippen MR) is 92.4 cm³/mol. The van der Waals surface area contributed by atoms with Gasteiger partial charge in [0.25, 0.3) is 5.91 Å². The van der Waals surface area contributed by atoms with Crippen LogP contribution in [0.15, 0.2) is 36.4 Å². The molecule has 2 aromatic rings. The molecule has 1 saturated heterocycles. The van der Waals surface area contributed by atoms with E-state index in [0.29, 0.717) is 18.7 Å². The van der Waals surface area contributed by atoms with Crippen molar-refractivity contribution < 1.29 is 13.2 Å². The topological polar surface area (TPSA) is 72.3 Å². The summed E-state index contributed by atoms with van der Waals surface area (Å²) in [6.07, 6.45) is 0.500. The number of hydrogen-bond donors (Lipinski definition) is 0. The fraction of sp³-hybridized carbons (Fsp3) is 0.412. The van der Waals surface area contributed by atoms with Crippen LogP contribution in [-0.2, 0) is 16.9 Å². The SMILES string of the molecule is CCN(C(=O)c1cc(-c2ccccc2)n(C)n1)C1CCS(=O)(=O)C1. The van der Waals surface area contributed by atoms with Crippen LogP contribution in [0.2, 0.25) is 0 Å². The summed E-state index contributed by atoms with van der Waals surface area (Å²) >= 11 is 0. The van der Waals surface area contributed by atoms with Gasteiger partial charge in [-0.15, -0.1) is 0 Å². The number of rotatable bonds is 4. The van der Waals surface area contributed by atoms with Crippen molar-refractivity contribution in [1.29, 1.82) is 0 Å². The maximum atomic E-state index is 12.8. The van der Waals surface area contributed by atoms with Gasteiger partial charge in [-0.1, -0.05) is 30.3 Å². The summed E-state index contributed by atoms with van der Waals surface area (Å²) in [6, 6.07) is 11.3. The van der Waals surface area contributed by atoms with E-state index in [1.807, 2.05) is 37.3 Å². The zero-order chi connectivity index (χ0) is 17.3. The largest absolute Gasteiger partial charge is 0.333 e. The number of amides is 1. The third-order valence-electron chi connectivity index (χ3n) is 4.42. The fourth-order valence-corrected chi connectivity index (χ4v) is 4.92. The molecule has 1 unspecified atom stereocenters. The lowest BCUT2D eigenvalue weighted by atomic mass is 10.1. The van der Waals surface area contributed by atoms with E-state index in [0.717, 1.165) is 11.3 Å². The molecule has 24 heavy (non-hydrogen) atoms. The predicted octanol–water partition coefficient (Wildman–Crippen LogP) is 1.74. The molecule has 128 valence electrons. The third kappa shape index (κ3) is 3.21. The first-order valence-corrected chi connectivity index (χ1v) is 9.84. The lowest BCUT2D eigenvalue weighted by molar-refractivity contribution is 0.0701. The summed E-state index contributed by atoms with van der Waals surface area (Å²) in [5.41, 5.74) is 2.19. The summed E-state index contributed by atoms with van der Waals surface area (Å²) < 4.78 is 25.1. The van der Waals surface area contributed by atoms with Crippen LogP contribution in [-0.4, -0.2) is 53.1 Å². The minimum Gasteiger partial charge on any atom is -0.333 e. The van der Waals surface area contributed by atoms with Gasteiger partial charge in [-0.2, -0.15) is 5.10 Å². The van der Waals surface area contributed by atoms with E-state index in [9.17, 15) is 13.2 Å². The molecule has 0 N–H and O–H groups in total. The molecule has 2 heterocycles. The van der Waals surface area contributed by atoms with Gasteiger partial charge in [-0.05, 0) is 25.0 Å². The Morgan fingerprint density at radius 2 is 2.04 bits per heavy atom. The molecule has 1 aromatic heterocycles. The molecule has 1 fully saturated rings. The molecule has 6 nitrogen and oxygen atoms in total. The molecule has 1 aromatic carbocycles. The maximum absolute atomic E-state index is 12.8. The highest BCUT2D eigenvalue weighted by Gasteiger charge is 2.35. The van der Waals surface area contributed by atoms with Crippen molar-refractivity contribution in [2.75, 3.05) is 18.1 Å². The minimum absolute atomic E-state index is 0.0466. The van der Waals surface area contributed by atoms with Crippen LogP contribution in [0.1, 0.15) is 23.8 Å². The Kier molecular flexibility index (Phi) is 4.45. The van der Waals surface area contributed by atoms with Crippen LogP contribution < -0.4 is 0 Å². The highest BCUT2D eigenvalue weighted by atomic mass is 32.2. The summed E-state index contributed by atoms with van der Waals surface area (Å²) in [4.78, 5) is 14.5. The molecule has 7 heteroatoms. The first kappa shape index (κ1) is 16.7. The Labute approximate surface area is 142 Å². The molecular weight excluding hydrogens is 326 g/mol. The van der Waals surface area contributed by atoms with Crippen LogP contribution in [0.25, 0.3) is 11.3 Å². The number of sulfone groups is 1. The fourth-order valence-electron chi connectivity index (χ4n) is 3.19. The summed E-state index contributed by atoms with van der Waals surface area (Å²) in [7, 11) is -1.23. The molecule has 1 aliphatic heterocycles. The molecule has 0 radical (unpaired) electrons. The van der Waals surface area contributed by atoms with Crippen LogP contribution in [0.3, 0.4) is 0 Å². The zero-order valence-electron chi connectivity index (χ0n) is 13.8. The Hall–Kier alpha value is -2.15. The van der Waals surface area contributed by atoms with Crippen molar-refractivity contribution in [2.24, 2.45) is 7.05 Å². The van der Waals surface area contributed by atoms with Gasteiger partial charge in [0.2, 0.25) is 0 Å². The smallest absolute Gasteiger partial charge is 0.274 e. The van der Waals surface area contributed by atoms with Gasteiger partial charge in [-0.3, -0.25) is 9.48 Å². The van der Waals surface area contributed by atoms with Crippen molar-refractivity contribution in [3.8, 4) is 11.3 Å². The number of hydrogen-bond acceptors (Lipinski definition) is 4. The van der Waals surface area contributed by atoms with E-state index in [2.05, 4.69) is 5.10 Å².